The van der Waals surface area contributed by atoms with E-state index in [9.17, 15) is 0 Å². The molecule has 3 atom stereocenters. The van der Waals surface area contributed by atoms with Gasteiger partial charge in [0.2, 0.25) is 0 Å². The summed E-state index contributed by atoms with van der Waals surface area (Å²) >= 11 is 0. The summed E-state index contributed by atoms with van der Waals surface area (Å²) in [5.41, 5.74) is 1.42. The van der Waals surface area contributed by atoms with Gasteiger partial charge in [0, 0.05) is 24.7 Å². The summed E-state index contributed by atoms with van der Waals surface area (Å²) in [4.78, 5) is 2.52. The molecule has 0 aromatic heterocycles. The van der Waals surface area contributed by atoms with Crippen LogP contribution in [0.1, 0.15) is 24.8 Å². The van der Waals surface area contributed by atoms with Gasteiger partial charge in [-0.15, -0.1) is 0 Å². The van der Waals surface area contributed by atoms with Gasteiger partial charge in [0.15, 0.2) is 0 Å². The van der Waals surface area contributed by atoms with Crippen molar-refractivity contribution in [1.29, 1.82) is 0 Å². The first-order chi connectivity index (χ1) is 7.83. The minimum atomic E-state index is 0.749. The van der Waals surface area contributed by atoms with Gasteiger partial charge in [-0.3, -0.25) is 4.90 Å². The lowest BCUT2D eigenvalue weighted by Crippen LogP contribution is -2.40. The van der Waals surface area contributed by atoms with Crippen molar-refractivity contribution < 1.29 is 0 Å². The van der Waals surface area contributed by atoms with Gasteiger partial charge in [-0.1, -0.05) is 30.3 Å². The summed E-state index contributed by atoms with van der Waals surface area (Å²) in [6.07, 6.45) is 4.10. The van der Waals surface area contributed by atoms with Gasteiger partial charge < -0.3 is 5.32 Å². The SMILES string of the molecule is CN(Cc1ccccc1)[C@@H]1C[C@H]2CC[C@H]1N2. The van der Waals surface area contributed by atoms with Crippen molar-refractivity contribution in [2.24, 2.45) is 0 Å². The third-order valence-electron chi connectivity index (χ3n) is 4.11. The predicted molar refractivity (Wildman–Crippen MR) is 66.3 cm³/mol. The van der Waals surface area contributed by atoms with Crippen LogP contribution in [0.5, 0.6) is 0 Å². The van der Waals surface area contributed by atoms with E-state index in [0.717, 1.165) is 24.7 Å². The highest BCUT2D eigenvalue weighted by molar-refractivity contribution is 5.15. The fraction of sp³-hybridized carbons (Fsp3) is 0.571. The van der Waals surface area contributed by atoms with Gasteiger partial charge in [0.05, 0.1) is 0 Å². The summed E-state index contributed by atoms with van der Waals surface area (Å²) in [6, 6.07) is 13.1. The minimum Gasteiger partial charge on any atom is -0.310 e. The predicted octanol–water partition coefficient (Wildman–Crippen LogP) is 2.01. The molecule has 2 aliphatic heterocycles. The molecule has 0 radical (unpaired) electrons. The number of rotatable bonds is 3. The normalized spacial score (nSPS) is 32.5. The van der Waals surface area contributed by atoms with E-state index in [1.807, 2.05) is 0 Å². The van der Waals surface area contributed by atoms with E-state index in [4.69, 9.17) is 0 Å². The van der Waals surface area contributed by atoms with E-state index in [2.05, 4.69) is 47.6 Å². The van der Waals surface area contributed by atoms with Crippen molar-refractivity contribution in [3.8, 4) is 0 Å². The number of hydrogen-bond donors (Lipinski definition) is 1. The molecule has 1 aromatic carbocycles. The fourth-order valence-electron chi connectivity index (χ4n) is 3.27. The molecule has 16 heavy (non-hydrogen) atoms. The van der Waals surface area contributed by atoms with Crippen molar-refractivity contribution >= 4 is 0 Å². The Hall–Kier alpha value is -0.860. The zero-order valence-corrected chi connectivity index (χ0v) is 9.89. The Morgan fingerprint density at radius 2 is 2.06 bits per heavy atom. The molecular weight excluding hydrogens is 196 g/mol. The topological polar surface area (TPSA) is 15.3 Å². The molecule has 0 aliphatic carbocycles. The maximum atomic E-state index is 3.70. The molecule has 1 aromatic rings. The van der Waals surface area contributed by atoms with Crippen molar-refractivity contribution in [2.75, 3.05) is 7.05 Å². The Morgan fingerprint density at radius 1 is 1.25 bits per heavy atom. The quantitative estimate of drug-likeness (QED) is 0.831. The van der Waals surface area contributed by atoms with E-state index in [1.54, 1.807) is 0 Å². The Kier molecular flexibility index (Phi) is 2.70. The number of fused-ring (bicyclic) bond motifs is 2. The zero-order chi connectivity index (χ0) is 11.0. The van der Waals surface area contributed by atoms with Crippen LogP contribution < -0.4 is 5.32 Å². The molecule has 1 N–H and O–H groups in total. The minimum absolute atomic E-state index is 0.749. The lowest BCUT2D eigenvalue weighted by Gasteiger charge is -2.30. The summed E-state index contributed by atoms with van der Waals surface area (Å²) in [5.74, 6) is 0. The second kappa shape index (κ2) is 4.19. The first kappa shape index (κ1) is 10.3. The molecule has 3 rings (SSSR count). The molecule has 2 fully saturated rings. The van der Waals surface area contributed by atoms with Crippen molar-refractivity contribution in [3.05, 3.63) is 35.9 Å². The molecule has 2 heterocycles. The van der Waals surface area contributed by atoms with Crippen molar-refractivity contribution in [2.45, 2.75) is 43.9 Å². The van der Waals surface area contributed by atoms with Gasteiger partial charge in [-0.05, 0) is 31.9 Å². The molecular formula is C14H20N2. The van der Waals surface area contributed by atoms with Gasteiger partial charge in [0.25, 0.3) is 0 Å². The number of hydrogen-bond acceptors (Lipinski definition) is 2. The zero-order valence-electron chi connectivity index (χ0n) is 9.89. The van der Waals surface area contributed by atoms with E-state index >= 15 is 0 Å². The molecule has 2 saturated heterocycles. The number of likely N-dealkylation sites (N-methyl/N-ethyl adjacent to an activating group) is 1. The third-order valence-corrected chi connectivity index (χ3v) is 4.11. The second-order valence-electron chi connectivity index (χ2n) is 5.25. The van der Waals surface area contributed by atoms with Crippen molar-refractivity contribution in [1.82, 2.24) is 10.2 Å². The van der Waals surface area contributed by atoms with Gasteiger partial charge in [-0.25, -0.2) is 0 Å². The Bertz CT molecular complexity index is 349. The summed E-state index contributed by atoms with van der Waals surface area (Å²) in [5, 5.41) is 3.70. The molecule has 0 saturated carbocycles. The molecule has 0 spiro atoms. The highest BCUT2D eigenvalue weighted by Gasteiger charge is 2.40. The van der Waals surface area contributed by atoms with Gasteiger partial charge in [0.1, 0.15) is 0 Å². The number of nitrogens with one attached hydrogen (secondary N) is 1. The van der Waals surface area contributed by atoms with E-state index in [-0.39, 0.29) is 0 Å². The fourth-order valence-corrected chi connectivity index (χ4v) is 3.27. The van der Waals surface area contributed by atoms with Crippen LogP contribution >= 0.6 is 0 Å². The molecule has 2 heteroatoms. The van der Waals surface area contributed by atoms with Crippen LogP contribution in [0.4, 0.5) is 0 Å². The molecule has 0 amide bonds. The third kappa shape index (κ3) is 1.87. The number of benzene rings is 1. The molecule has 2 bridgehead atoms. The average Bonchev–Trinajstić information content (AvgIpc) is 2.92. The van der Waals surface area contributed by atoms with Gasteiger partial charge in [-0.2, -0.15) is 0 Å². The lowest BCUT2D eigenvalue weighted by atomic mass is 9.94. The van der Waals surface area contributed by atoms with Gasteiger partial charge >= 0.3 is 0 Å². The Morgan fingerprint density at radius 3 is 2.69 bits per heavy atom. The highest BCUT2D eigenvalue weighted by atomic mass is 15.2. The summed E-state index contributed by atoms with van der Waals surface area (Å²) in [7, 11) is 2.26. The van der Waals surface area contributed by atoms with Crippen LogP contribution in [-0.2, 0) is 6.54 Å². The van der Waals surface area contributed by atoms with Crippen LogP contribution in [0.2, 0.25) is 0 Å². The highest BCUT2D eigenvalue weighted by Crippen LogP contribution is 2.31. The van der Waals surface area contributed by atoms with Crippen LogP contribution in [0, 0.1) is 0 Å². The van der Waals surface area contributed by atoms with Crippen LogP contribution in [-0.4, -0.2) is 30.1 Å². The smallest absolute Gasteiger partial charge is 0.0264 e. The van der Waals surface area contributed by atoms with Crippen molar-refractivity contribution in [3.63, 3.8) is 0 Å². The lowest BCUT2D eigenvalue weighted by molar-refractivity contribution is 0.200. The maximum Gasteiger partial charge on any atom is 0.0264 e. The largest absolute Gasteiger partial charge is 0.310 e. The second-order valence-corrected chi connectivity index (χ2v) is 5.25. The number of nitrogens with zero attached hydrogens (tertiary/aromatic N) is 1. The monoisotopic (exact) mass is 216 g/mol. The van der Waals surface area contributed by atoms with Crippen LogP contribution in [0.25, 0.3) is 0 Å². The summed E-state index contributed by atoms with van der Waals surface area (Å²) < 4.78 is 0. The Labute approximate surface area is 97.6 Å². The first-order valence-electron chi connectivity index (χ1n) is 6.33. The standard InChI is InChI=1S/C14H20N2/c1-16(10-11-5-3-2-4-6-11)14-9-12-7-8-13(14)15-12/h2-6,12-15H,7-10H2,1H3/t12-,13-,14-/m1/s1. The molecule has 0 unspecified atom stereocenters. The van der Waals surface area contributed by atoms with Crippen LogP contribution in [0.15, 0.2) is 30.3 Å². The maximum absolute atomic E-state index is 3.70. The van der Waals surface area contributed by atoms with E-state index < -0.39 is 0 Å². The molecule has 2 nitrogen and oxygen atoms in total. The van der Waals surface area contributed by atoms with Crippen LogP contribution in [0.3, 0.4) is 0 Å². The first-order valence-corrected chi connectivity index (χ1v) is 6.33. The average molecular weight is 216 g/mol. The molecule has 86 valence electrons. The van der Waals surface area contributed by atoms with E-state index in [0.29, 0.717) is 0 Å². The molecule has 2 aliphatic rings. The Balaban J connectivity index is 1.64. The van der Waals surface area contributed by atoms with E-state index in [1.165, 1.54) is 24.8 Å². The summed E-state index contributed by atoms with van der Waals surface area (Å²) in [6.45, 7) is 1.08.